The van der Waals surface area contributed by atoms with Gasteiger partial charge in [0.25, 0.3) is 0 Å². The molecule has 15 nitrogen and oxygen atoms in total. The van der Waals surface area contributed by atoms with E-state index in [1.54, 1.807) is 41.5 Å². The largest absolute Gasteiger partial charge is 0.387 e. The number of ether oxygens (including phenoxy) is 7. The van der Waals surface area contributed by atoms with Gasteiger partial charge in [0.2, 0.25) is 0 Å². The van der Waals surface area contributed by atoms with E-state index < -0.39 is 94.6 Å². The molecule has 4 saturated heterocycles. The lowest BCUT2D eigenvalue weighted by molar-refractivity contribution is -0.238. The average molecular weight is 621 g/mol. The summed E-state index contributed by atoms with van der Waals surface area (Å²) < 4.78 is 90.0. The third-order valence-electron chi connectivity index (χ3n) is 6.67. The summed E-state index contributed by atoms with van der Waals surface area (Å²) in [5, 5.41) is 20.2. The second kappa shape index (κ2) is 12.5. The summed E-state index contributed by atoms with van der Waals surface area (Å²) in [5.74, 6) is -2.57. The number of aliphatic hydroxyl groups is 2. The monoisotopic (exact) mass is 620 g/mol. The van der Waals surface area contributed by atoms with E-state index in [2.05, 4.69) is 0 Å². The Morgan fingerprint density at radius 3 is 1.77 bits per heavy atom. The summed E-state index contributed by atoms with van der Waals surface area (Å²) >= 11 is 0. The van der Waals surface area contributed by atoms with Gasteiger partial charge in [0, 0.05) is 7.11 Å². The molecule has 234 valence electrons. The number of fused-ring (bicyclic) bond motifs is 3. The molecule has 0 aromatic carbocycles. The summed E-state index contributed by atoms with van der Waals surface area (Å²) in [5.41, 5.74) is 0. The van der Waals surface area contributed by atoms with Crippen molar-refractivity contribution < 1.29 is 70.6 Å². The van der Waals surface area contributed by atoms with Gasteiger partial charge in [-0.3, -0.25) is 9.13 Å². The molecule has 0 amide bonds. The van der Waals surface area contributed by atoms with Crippen molar-refractivity contribution in [3.8, 4) is 0 Å². The minimum absolute atomic E-state index is 0.0182. The van der Waals surface area contributed by atoms with E-state index in [9.17, 15) is 19.3 Å². The van der Waals surface area contributed by atoms with Crippen molar-refractivity contribution in [1.82, 2.24) is 0 Å². The lowest BCUT2D eigenvalue weighted by atomic mass is 9.99. The molecule has 2 N–H and O–H groups in total. The fraction of sp³-hybridized carbons (Fsp3) is 1.00. The first-order valence-corrected chi connectivity index (χ1v) is 16.8. The highest BCUT2D eigenvalue weighted by Crippen LogP contribution is 2.64. The SMILES string of the molecule is CCOP(=O)(CP(=O)(OCC)OC[C@H]1O[C@@H]2OC(C)(C)O[C@@H]2[C@H]2OC(C)(C)O[C@H]21)OC[C@H]1O[C@@H](OC)[C@H](O)[C@@H]1O. The van der Waals surface area contributed by atoms with Gasteiger partial charge in [-0.15, -0.1) is 0 Å². The Morgan fingerprint density at radius 2 is 1.23 bits per heavy atom. The van der Waals surface area contributed by atoms with Crippen LogP contribution in [0, 0.1) is 0 Å². The molecule has 0 saturated carbocycles. The summed E-state index contributed by atoms with van der Waals surface area (Å²) in [6.45, 7) is 9.48. The molecular weight excluding hydrogens is 578 g/mol. The molecule has 0 spiro atoms. The van der Waals surface area contributed by atoms with Gasteiger partial charge in [0.15, 0.2) is 30.1 Å². The first kappa shape index (κ1) is 32.8. The van der Waals surface area contributed by atoms with Crippen molar-refractivity contribution in [3.05, 3.63) is 0 Å². The van der Waals surface area contributed by atoms with Crippen LogP contribution in [-0.4, -0.2) is 117 Å². The highest BCUT2D eigenvalue weighted by atomic mass is 31.2. The van der Waals surface area contributed by atoms with Gasteiger partial charge in [0.1, 0.15) is 42.7 Å². The van der Waals surface area contributed by atoms with E-state index in [1.807, 2.05) is 0 Å². The Kier molecular flexibility index (Phi) is 10.3. The van der Waals surface area contributed by atoms with E-state index in [1.165, 1.54) is 7.11 Å². The van der Waals surface area contributed by atoms with Crippen LogP contribution in [0.4, 0.5) is 0 Å². The molecule has 4 aliphatic heterocycles. The molecule has 4 heterocycles. The zero-order chi connectivity index (χ0) is 29.5. The zero-order valence-corrected chi connectivity index (χ0v) is 25.6. The van der Waals surface area contributed by atoms with Crippen LogP contribution in [0.5, 0.6) is 0 Å². The molecule has 0 bridgehead atoms. The van der Waals surface area contributed by atoms with Gasteiger partial charge in [-0.1, -0.05) is 0 Å². The number of methoxy groups -OCH3 is 1. The van der Waals surface area contributed by atoms with Crippen molar-refractivity contribution in [2.45, 2.75) is 108 Å². The maximum Gasteiger partial charge on any atom is 0.342 e. The minimum Gasteiger partial charge on any atom is -0.387 e. The molecule has 0 aromatic heterocycles. The van der Waals surface area contributed by atoms with Gasteiger partial charge in [0.05, 0.1) is 26.4 Å². The van der Waals surface area contributed by atoms with Gasteiger partial charge >= 0.3 is 15.2 Å². The predicted molar refractivity (Wildman–Crippen MR) is 135 cm³/mol. The highest BCUT2D eigenvalue weighted by Gasteiger charge is 2.61. The second-order valence-electron chi connectivity index (χ2n) is 10.8. The molecule has 0 aliphatic carbocycles. The quantitative estimate of drug-likeness (QED) is 0.285. The molecule has 11 atom stereocenters. The molecule has 0 radical (unpaired) electrons. The van der Waals surface area contributed by atoms with E-state index in [0.717, 1.165) is 0 Å². The third-order valence-corrected chi connectivity index (χ3v) is 11.8. The Hall–Kier alpha value is -0.0600. The van der Waals surface area contributed by atoms with Crippen molar-refractivity contribution in [3.63, 3.8) is 0 Å². The first-order valence-electron chi connectivity index (χ1n) is 13.3. The van der Waals surface area contributed by atoms with E-state index in [-0.39, 0.29) is 19.8 Å². The molecular formula is C23H42O15P2. The van der Waals surface area contributed by atoms with Crippen LogP contribution in [0.3, 0.4) is 0 Å². The Balaban J connectivity index is 1.44. The molecule has 0 aromatic rings. The minimum atomic E-state index is -4.11. The van der Waals surface area contributed by atoms with Gasteiger partial charge < -0.3 is 61.5 Å². The summed E-state index contributed by atoms with van der Waals surface area (Å²) in [6, 6.07) is 0. The highest BCUT2D eigenvalue weighted by molar-refractivity contribution is 7.71. The van der Waals surface area contributed by atoms with E-state index >= 15 is 0 Å². The van der Waals surface area contributed by atoms with Gasteiger partial charge in [-0.05, 0) is 41.5 Å². The maximum atomic E-state index is 13.8. The topological polar surface area (TPSA) is 176 Å². The molecule has 40 heavy (non-hydrogen) atoms. The first-order chi connectivity index (χ1) is 18.6. The lowest BCUT2D eigenvalue weighted by Crippen LogP contribution is -2.56. The normalized spacial score (nSPS) is 41.3. The predicted octanol–water partition coefficient (Wildman–Crippen LogP) is 1.93. The van der Waals surface area contributed by atoms with Gasteiger partial charge in [-0.25, -0.2) is 0 Å². The molecule has 4 fully saturated rings. The van der Waals surface area contributed by atoms with E-state index in [4.69, 9.17) is 51.3 Å². The third kappa shape index (κ3) is 7.35. The van der Waals surface area contributed by atoms with Crippen LogP contribution in [0.2, 0.25) is 0 Å². The van der Waals surface area contributed by atoms with Gasteiger partial charge in [-0.2, -0.15) is 0 Å². The lowest BCUT2D eigenvalue weighted by Gasteiger charge is -2.37. The Morgan fingerprint density at radius 1 is 0.700 bits per heavy atom. The van der Waals surface area contributed by atoms with Crippen molar-refractivity contribution in [2.24, 2.45) is 0 Å². The van der Waals surface area contributed by atoms with Crippen molar-refractivity contribution >= 4 is 15.2 Å². The van der Waals surface area contributed by atoms with E-state index in [0.29, 0.717) is 0 Å². The molecule has 17 heteroatoms. The Labute approximate surface area is 234 Å². The molecule has 4 rings (SSSR count). The molecule has 4 aliphatic rings. The maximum absolute atomic E-state index is 13.8. The van der Waals surface area contributed by atoms with Crippen LogP contribution < -0.4 is 0 Å². The van der Waals surface area contributed by atoms with Crippen molar-refractivity contribution in [1.29, 1.82) is 0 Å². The number of hydrogen-bond donors (Lipinski definition) is 2. The summed E-state index contributed by atoms with van der Waals surface area (Å²) in [4.78, 5) is 0. The number of rotatable bonds is 13. The standard InChI is InChI=1S/C23H42O15P2/c1-8-29-39(26,31-10-13-15(24)16(25)20(28-7)33-13)12-40(27,30-9-2)32-11-14-17-18(36-22(3,4)35-17)19-21(34-14)38-23(5,6)37-19/h13-21,24-25H,8-12H2,1-7H3/t13-,14-,15-,16-,17+,18+,19-,20-,21-,39?,40?/m1/s1. The smallest absolute Gasteiger partial charge is 0.342 e. The Bertz CT molecular complexity index is 963. The number of aliphatic hydroxyl groups excluding tert-OH is 2. The fourth-order valence-corrected chi connectivity index (χ4v) is 9.78. The number of hydrogen-bond acceptors (Lipinski definition) is 15. The average Bonchev–Trinajstić information content (AvgIpc) is 3.45. The van der Waals surface area contributed by atoms with Crippen LogP contribution in [0.1, 0.15) is 41.5 Å². The summed E-state index contributed by atoms with van der Waals surface area (Å²) in [7, 11) is -6.91. The van der Waals surface area contributed by atoms with Crippen LogP contribution in [0.25, 0.3) is 0 Å². The van der Waals surface area contributed by atoms with Crippen LogP contribution in [0.15, 0.2) is 0 Å². The second-order valence-corrected chi connectivity index (χ2v) is 15.4. The van der Waals surface area contributed by atoms with Crippen LogP contribution >= 0.6 is 15.2 Å². The zero-order valence-electron chi connectivity index (χ0n) is 23.8. The fourth-order valence-electron chi connectivity index (χ4n) is 5.09. The van der Waals surface area contributed by atoms with Crippen LogP contribution in [-0.2, 0) is 60.4 Å². The summed E-state index contributed by atoms with van der Waals surface area (Å²) in [6.07, 6.45) is -8.14. The molecule has 2 unspecified atom stereocenters. The van der Waals surface area contributed by atoms with Crippen molar-refractivity contribution in [2.75, 3.05) is 39.4 Å².